The fourth-order valence-electron chi connectivity index (χ4n) is 2.45. The van der Waals surface area contributed by atoms with E-state index in [4.69, 9.17) is 4.74 Å². The number of nitrogens with one attached hydrogen (secondary N) is 2. The molecule has 6 heteroatoms. The number of anilines is 2. The maximum Gasteiger partial charge on any atom is 0.274 e. The van der Waals surface area contributed by atoms with Gasteiger partial charge < -0.3 is 15.4 Å². The van der Waals surface area contributed by atoms with Gasteiger partial charge in [0.05, 0.1) is 11.8 Å². The summed E-state index contributed by atoms with van der Waals surface area (Å²) in [5, 5.41) is 5.76. The molecule has 0 saturated carbocycles. The van der Waals surface area contributed by atoms with E-state index in [0.717, 1.165) is 25.1 Å². The van der Waals surface area contributed by atoms with Gasteiger partial charge in [-0.3, -0.25) is 9.78 Å². The number of hydrogen-bond donors (Lipinski definition) is 2. The Morgan fingerprint density at radius 2 is 2.22 bits per heavy atom. The smallest absolute Gasteiger partial charge is 0.274 e. The first kappa shape index (κ1) is 15.4. The Labute approximate surface area is 133 Å². The van der Waals surface area contributed by atoms with Crippen LogP contribution in [0, 0.1) is 5.82 Å². The van der Waals surface area contributed by atoms with Crippen molar-refractivity contribution in [2.75, 3.05) is 23.8 Å². The van der Waals surface area contributed by atoms with Crippen LogP contribution in [0.3, 0.4) is 0 Å². The molecule has 0 aliphatic carbocycles. The maximum atomic E-state index is 13.6. The predicted octanol–water partition coefficient (Wildman–Crippen LogP) is 3.06. The molecule has 1 atom stereocenters. The molecule has 1 aromatic carbocycles. The van der Waals surface area contributed by atoms with Gasteiger partial charge in [-0.15, -0.1) is 0 Å². The SMILES string of the molecule is O=C(Nc1ccccc1F)c1cc(NCC2CCCO2)ccn1. The van der Waals surface area contributed by atoms with Crippen molar-refractivity contribution in [3.63, 3.8) is 0 Å². The molecule has 1 fully saturated rings. The Morgan fingerprint density at radius 3 is 3.00 bits per heavy atom. The molecule has 3 rings (SSSR count). The second-order valence-corrected chi connectivity index (χ2v) is 5.38. The third-order valence-electron chi connectivity index (χ3n) is 3.67. The number of benzene rings is 1. The Balaban J connectivity index is 1.64. The van der Waals surface area contributed by atoms with Crippen molar-refractivity contribution in [1.82, 2.24) is 4.98 Å². The molecule has 1 aliphatic rings. The molecule has 2 N–H and O–H groups in total. The van der Waals surface area contributed by atoms with Gasteiger partial charge in [0, 0.05) is 25.0 Å². The number of para-hydroxylation sites is 1. The second-order valence-electron chi connectivity index (χ2n) is 5.38. The van der Waals surface area contributed by atoms with Gasteiger partial charge in [-0.25, -0.2) is 4.39 Å². The van der Waals surface area contributed by atoms with Gasteiger partial charge in [0.15, 0.2) is 0 Å². The number of rotatable bonds is 5. The van der Waals surface area contributed by atoms with Crippen molar-refractivity contribution in [2.24, 2.45) is 0 Å². The van der Waals surface area contributed by atoms with Crippen LogP contribution in [-0.2, 0) is 4.74 Å². The summed E-state index contributed by atoms with van der Waals surface area (Å²) in [6, 6.07) is 9.46. The first-order valence-electron chi connectivity index (χ1n) is 7.60. The van der Waals surface area contributed by atoms with E-state index in [1.807, 2.05) is 0 Å². The van der Waals surface area contributed by atoms with E-state index in [9.17, 15) is 9.18 Å². The number of aromatic nitrogens is 1. The van der Waals surface area contributed by atoms with Gasteiger partial charge in [0.25, 0.3) is 5.91 Å². The van der Waals surface area contributed by atoms with E-state index >= 15 is 0 Å². The molecule has 5 nitrogen and oxygen atoms in total. The van der Waals surface area contributed by atoms with Crippen LogP contribution in [0.15, 0.2) is 42.6 Å². The normalized spacial score (nSPS) is 17.0. The molecule has 1 aromatic heterocycles. The standard InChI is InChI=1S/C17H18FN3O2/c18-14-5-1-2-6-15(14)21-17(22)16-10-12(7-8-19-16)20-11-13-4-3-9-23-13/h1-2,5-8,10,13H,3-4,9,11H2,(H,19,20)(H,21,22). The van der Waals surface area contributed by atoms with Gasteiger partial charge in [-0.2, -0.15) is 0 Å². The lowest BCUT2D eigenvalue weighted by Crippen LogP contribution is -2.19. The van der Waals surface area contributed by atoms with Crippen LogP contribution in [-0.4, -0.2) is 30.1 Å². The quantitative estimate of drug-likeness (QED) is 0.890. The molecule has 0 spiro atoms. The molecule has 0 radical (unpaired) electrons. The average Bonchev–Trinajstić information content (AvgIpc) is 3.09. The van der Waals surface area contributed by atoms with Gasteiger partial charge in [0.2, 0.25) is 0 Å². The minimum absolute atomic E-state index is 0.136. The Morgan fingerprint density at radius 1 is 1.35 bits per heavy atom. The van der Waals surface area contributed by atoms with Gasteiger partial charge >= 0.3 is 0 Å². The van der Waals surface area contributed by atoms with Crippen LogP contribution < -0.4 is 10.6 Å². The van der Waals surface area contributed by atoms with Crippen LogP contribution in [0.5, 0.6) is 0 Å². The highest BCUT2D eigenvalue weighted by Gasteiger charge is 2.15. The molecular formula is C17H18FN3O2. The lowest BCUT2D eigenvalue weighted by Gasteiger charge is -2.12. The molecule has 0 bridgehead atoms. The van der Waals surface area contributed by atoms with Gasteiger partial charge in [-0.05, 0) is 37.1 Å². The van der Waals surface area contributed by atoms with Crippen LogP contribution in [0.25, 0.3) is 0 Å². The monoisotopic (exact) mass is 315 g/mol. The summed E-state index contributed by atoms with van der Waals surface area (Å²) >= 11 is 0. The van der Waals surface area contributed by atoms with Crippen LogP contribution in [0.2, 0.25) is 0 Å². The highest BCUT2D eigenvalue weighted by Crippen LogP contribution is 2.16. The van der Waals surface area contributed by atoms with Crippen molar-refractivity contribution in [3.8, 4) is 0 Å². The van der Waals surface area contributed by atoms with E-state index in [0.29, 0.717) is 6.54 Å². The molecule has 2 heterocycles. The fourth-order valence-corrected chi connectivity index (χ4v) is 2.45. The Bertz CT molecular complexity index is 687. The molecule has 1 amide bonds. The summed E-state index contributed by atoms with van der Waals surface area (Å²) in [7, 11) is 0. The van der Waals surface area contributed by atoms with E-state index in [2.05, 4.69) is 15.6 Å². The van der Waals surface area contributed by atoms with Gasteiger partial charge in [-0.1, -0.05) is 12.1 Å². The van der Waals surface area contributed by atoms with Crippen molar-refractivity contribution < 1.29 is 13.9 Å². The number of hydrogen-bond acceptors (Lipinski definition) is 4. The number of carbonyl (C=O) groups is 1. The molecule has 1 unspecified atom stereocenters. The van der Waals surface area contributed by atoms with E-state index in [-0.39, 0.29) is 17.5 Å². The molecule has 1 saturated heterocycles. The van der Waals surface area contributed by atoms with E-state index < -0.39 is 11.7 Å². The van der Waals surface area contributed by atoms with E-state index in [1.54, 1.807) is 30.5 Å². The summed E-state index contributed by atoms with van der Waals surface area (Å²) in [5.74, 6) is -0.927. The zero-order valence-corrected chi connectivity index (χ0v) is 12.6. The van der Waals surface area contributed by atoms with Crippen molar-refractivity contribution in [1.29, 1.82) is 0 Å². The number of pyridine rings is 1. The average molecular weight is 315 g/mol. The third kappa shape index (κ3) is 4.04. The minimum atomic E-state index is -0.478. The third-order valence-corrected chi connectivity index (χ3v) is 3.67. The number of ether oxygens (including phenoxy) is 1. The minimum Gasteiger partial charge on any atom is -0.382 e. The summed E-state index contributed by atoms with van der Waals surface area (Å²) in [6.07, 6.45) is 3.88. The lowest BCUT2D eigenvalue weighted by molar-refractivity contribution is 0.102. The molecule has 1 aliphatic heterocycles. The number of nitrogens with zero attached hydrogens (tertiary/aromatic N) is 1. The highest BCUT2D eigenvalue weighted by molar-refractivity contribution is 6.03. The number of amides is 1. The second kappa shape index (κ2) is 7.19. The van der Waals surface area contributed by atoms with Gasteiger partial charge in [0.1, 0.15) is 11.5 Å². The maximum absolute atomic E-state index is 13.6. The zero-order valence-electron chi connectivity index (χ0n) is 12.6. The van der Waals surface area contributed by atoms with E-state index in [1.165, 1.54) is 12.1 Å². The first-order valence-corrected chi connectivity index (χ1v) is 7.60. The fraction of sp³-hybridized carbons (Fsp3) is 0.294. The molecular weight excluding hydrogens is 297 g/mol. The number of halogens is 1. The molecule has 120 valence electrons. The van der Waals surface area contributed by atoms with Crippen LogP contribution in [0.4, 0.5) is 15.8 Å². The topological polar surface area (TPSA) is 63.2 Å². The summed E-state index contributed by atoms with van der Waals surface area (Å²) < 4.78 is 19.1. The Kier molecular flexibility index (Phi) is 4.83. The molecule has 23 heavy (non-hydrogen) atoms. The van der Waals surface area contributed by atoms with Crippen molar-refractivity contribution in [2.45, 2.75) is 18.9 Å². The molecule has 2 aromatic rings. The zero-order chi connectivity index (χ0) is 16.1. The van der Waals surface area contributed by atoms with Crippen LogP contribution >= 0.6 is 0 Å². The first-order chi connectivity index (χ1) is 11.2. The lowest BCUT2D eigenvalue weighted by atomic mass is 10.2. The number of carbonyl (C=O) groups excluding carboxylic acids is 1. The summed E-state index contributed by atoms with van der Waals surface area (Å²) in [6.45, 7) is 1.50. The van der Waals surface area contributed by atoms with Crippen molar-refractivity contribution in [3.05, 3.63) is 54.1 Å². The Hall–Kier alpha value is -2.47. The summed E-state index contributed by atoms with van der Waals surface area (Å²) in [5.41, 5.74) is 1.15. The summed E-state index contributed by atoms with van der Waals surface area (Å²) in [4.78, 5) is 16.2. The van der Waals surface area contributed by atoms with Crippen LogP contribution in [0.1, 0.15) is 23.3 Å². The van der Waals surface area contributed by atoms with Crippen molar-refractivity contribution >= 4 is 17.3 Å². The predicted molar refractivity (Wildman–Crippen MR) is 86.1 cm³/mol. The highest BCUT2D eigenvalue weighted by atomic mass is 19.1. The largest absolute Gasteiger partial charge is 0.382 e.